The molecule has 0 bridgehead atoms. The Balaban J connectivity index is 2.43. The fourth-order valence-electron chi connectivity index (χ4n) is 1.07. The Morgan fingerprint density at radius 2 is 2.18 bits per heavy atom. The molecule has 0 radical (unpaired) electrons. The molecule has 0 spiro atoms. The van der Waals surface area contributed by atoms with E-state index in [-0.39, 0.29) is 5.91 Å². The topological polar surface area (TPSA) is 66.4 Å². The SMILES string of the molecule is CC(CCNC(=O)c1cc(Br)c(Br)s1)C(=O)O. The lowest BCUT2D eigenvalue weighted by atomic mass is 10.1. The van der Waals surface area contributed by atoms with E-state index in [1.54, 1.807) is 13.0 Å². The van der Waals surface area contributed by atoms with E-state index in [0.717, 1.165) is 8.26 Å². The Labute approximate surface area is 120 Å². The Kier molecular flexibility index (Phi) is 5.61. The molecule has 1 atom stereocenters. The zero-order chi connectivity index (χ0) is 13.0. The van der Waals surface area contributed by atoms with Crippen molar-refractivity contribution in [3.8, 4) is 0 Å². The van der Waals surface area contributed by atoms with Gasteiger partial charge in [-0.15, -0.1) is 11.3 Å². The number of aliphatic carboxylic acids is 1. The summed E-state index contributed by atoms with van der Waals surface area (Å²) < 4.78 is 1.70. The summed E-state index contributed by atoms with van der Waals surface area (Å²) in [6, 6.07) is 1.73. The van der Waals surface area contributed by atoms with E-state index in [4.69, 9.17) is 5.11 Å². The maximum Gasteiger partial charge on any atom is 0.306 e. The fraction of sp³-hybridized carbons (Fsp3) is 0.400. The molecule has 0 aliphatic rings. The maximum atomic E-state index is 11.7. The first-order chi connectivity index (χ1) is 7.91. The molecular formula is C10H11Br2NO3S. The molecule has 1 unspecified atom stereocenters. The second-order valence-corrected chi connectivity index (χ2v) is 6.74. The first kappa shape index (κ1) is 14.7. The molecule has 1 aromatic heterocycles. The normalized spacial score (nSPS) is 12.2. The quantitative estimate of drug-likeness (QED) is 0.819. The molecule has 1 rings (SSSR count). The third kappa shape index (κ3) is 4.40. The molecule has 4 nitrogen and oxygen atoms in total. The number of rotatable bonds is 5. The average Bonchev–Trinajstić information content (AvgIpc) is 2.59. The molecule has 0 aromatic carbocycles. The van der Waals surface area contributed by atoms with Crippen LogP contribution >= 0.6 is 43.2 Å². The highest BCUT2D eigenvalue weighted by atomic mass is 79.9. The lowest BCUT2D eigenvalue weighted by Gasteiger charge is -2.06. The zero-order valence-corrected chi connectivity index (χ0v) is 13.0. The van der Waals surface area contributed by atoms with E-state index >= 15 is 0 Å². The number of carbonyl (C=O) groups excluding carboxylic acids is 1. The van der Waals surface area contributed by atoms with Gasteiger partial charge >= 0.3 is 5.97 Å². The van der Waals surface area contributed by atoms with Crippen molar-refractivity contribution in [2.45, 2.75) is 13.3 Å². The van der Waals surface area contributed by atoms with Crippen LogP contribution in [0, 0.1) is 5.92 Å². The molecule has 1 heterocycles. The minimum atomic E-state index is -0.846. The molecule has 0 aliphatic carbocycles. The third-order valence-corrected chi connectivity index (χ3v) is 5.41. The van der Waals surface area contributed by atoms with Gasteiger partial charge in [-0.2, -0.15) is 0 Å². The van der Waals surface area contributed by atoms with E-state index in [0.29, 0.717) is 17.8 Å². The van der Waals surface area contributed by atoms with Crippen LogP contribution in [0.2, 0.25) is 0 Å². The molecule has 94 valence electrons. The van der Waals surface area contributed by atoms with Crippen LogP contribution in [0.15, 0.2) is 14.3 Å². The monoisotopic (exact) mass is 383 g/mol. The number of hydrogen-bond donors (Lipinski definition) is 2. The van der Waals surface area contributed by atoms with Crippen molar-refractivity contribution in [3.63, 3.8) is 0 Å². The van der Waals surface area contributed by atoms with E-state index in [1.807, 2.05) is 0 Å². The van der Waals surface area contributed by atoms with Crippen LogP contribution in [0.4, 0.5) is 0 Å². The van der Waals surface area contributed by atoms with Crippen LogP contribution < -0.4 is 5.32 Å². The molecule has 0 saturated heterocycles. The number of carboxylic acid groups (broad SMARTS) is 1. The number of nitrogens with one attached hydrogen (secondary N) is 1. The van der Waals surface area contributed by atoms with Crippen molar-refractivity contribution in [1.29, 1.82) is 0 Å². The summed E-state index contributed by atoms with van der Waals surface area (Å²) in [7, 11) is 0. The highest BCUT2D eigenvalue weighted by Crippen LogP contribution is 2.32. The second kappa shape index (κ2) is 6.51. The molecule has 0 saturated carbocycles. The first-order valence-corrected chi connectivity index (χ1v) is 7.28. The minimum Gasteiger partial charge on any atom is -0.481 e. The van der Waals surface area contributed by atoms with Gasteiger partial charge in [-0.05, 0) is 44.3 Å². The number of carbonyl (C=O) groups is 2. The molecule has 7 heteroatoms. The highest BCUT2D eigenvalue weighted by molar-refractivity contribution is 9.13. The van der Waals surface area contributed by atoms with Gasteiger partial charge in [-0.1, -0.05) is 6.92 Å². The second-order valence-electron chi connectivity index (χ2n) is 3.52. The van der Waals surface area contributed by atoms with E-state index in [9.17, 15) is 9.59 Å². The van der Waals surface area contributed by atoms with Crippen LogP contribution in [-0.4, -0.2) is 23.5 Å². The van der Waals surface area contributed by atoms with Gasteiger partial charge in [0, 0.05) is 11.0 Å². The van der Waals surface area contributed by atoms with E-state index in [2.05, 4.69) is 37.2 Å². The van der Waals surface area contributed by atoms with Gasteiger partial charge in [-0.3, -0.25) is 9.59 Å². The van der Waals surface area contributed by atoms with Crippen molar-refractivity contribution in [1.82, 2.24) is 5.32 Å². The van der Waals surface area contributed by atoms with Crippen LogP contribution in [-0.2, 0) is 4.79 Å². The van der Waals surface area contributed by atoms with Crippen LogP contribution in [0.25, 0.3) is 0 Å². The Bertz CT molecular complexity index is 414. The lowest BCUT2D eigenvalue weighted by Crippen LogP contribution is -2.26. The van der Waals surface area contributed by atoms with Gasteiger partial charge in [0.1, 0.15) is 0 Å². The number of hydrogen-bond acceptors (Lipinski definition) is 3. The van der Waals surface area contributed by atoms with Gasteiger partial charge in [0.25, 0.3) is 5.91 Å². The predicted octanol–water partition coefficient (Wildman–Crippen LogP) is 3.11. The number of amides is 1. The highest BCUT2D eigenvalue weighted by Gasteiger charge is 2.14. The smallest absolute Gasteiger partial charge is 0.306 e. The average molecular weight is 385 g/mol. The zero-order valence-electron chi connectivity index (χ0n) is 9.00. The van der Waals surface area contributed by atoms with Crippen molar-refractivity contribution in [3.05, 3.63) is 19.2 Å². The molecule has 1 amide bonds. The standard InChI is InChI=1S/C10H11Br2NO3S/c1-5(10(15)16)2-3-13-9(14)7-4-6(11)8(12)17-7/h4-5H,2-3H2,1H3,(H,13,14)(H,15,16). The van der Waals surface area contributed by atoms with Gasteiger partial charge in [0.2, 0.25) is 0 Å². The summed E-state index contributed by atoms with van der Waals surface area (Å²) in [5, 5.41) is 11.4. The summed E-state index contributed by atoms with van der Waals surface area (Å²) in [4.78, 5) is 22.8. The largest absolute Gasteiger partial charge is 0.481 e. The van der Waals surface area contributed by atoms with Crippen molar-refractivity contribution >= 4 is 55.1 Å². The molecule has 0 fully saturated rings. The van der Waals surface area contributed by atoms with Gasteiger partial charge in [0.15, 0.2) is 0 Å². The van der Waals surface area contributed by atoms with E-state index < -0.39 is 11.9 Å². The molecule has 0 aliphatic heterocycles. The first-order valence-electron chi connectivity index (χ1n) is 4.87. The predicted molar refractivity (Wildman–Crippen MR) is 73.5 cm³/mol. The Hall–Kier alpha value is -0.400. The number of thiophene rings is 1. The molecular weight excluding hydrogens is 374 g/mol. The van der Waals surface area contributed by atoms with Gasteiger partial charge < -0.3 is 10.4 Å². The van der Waals surface area contributed by atoms with Crippen LogP contribution in [0.5, 0.6) is 0 Å². The van der Waals surface area contributed by atoms with Crippen LogP contribution in [0.3, 0.4) is 0 Å². The molecule has 2 N–H and O–H groups in total. The summed E-state index contributed by atoms with van der Waals surface area (Å²) in [6.45, 7) is 1.98. The Morgan fingerprint density at radius 1 is 1.53 bits per heavy atom. The lowest BCUT2D eigenvalue weighted by molar-refractivity contribution is -0.141. The summed E-state index contributed by atoms with van der Waals surface area (Å²) in [5.41, 5.74) is 0. The van der Waals surface area contributed by atoms with E-state index in [1.165, 1.54) is 11.3 Å². The fourth-order valence-corrected chi connectivity index (χ4v) is 3.02. The summed E-state index contributed by atoms with van der Waals surface area (Å²) >= 11 is 7.94. The maximum absolute atomic E-state index is 11.7. The van der Waals surface area contributed by atoms with Crippen molar-refractivity contribution in [2.24, 2.45) is 5.92 Å². The van der Waals surface area contributed by atoms with Crippen LogP contribution in [0.1, 0.15) is 23.0 Å². The van der Waals surface area contributed by atoms with Gasteiger partial charge in [-0.25, -0.2) is 0 Å². The number of carboxylic acids is 1. The summed E-state index contributed by atoms with van der Waals surface area (Å²) in [6.07, 6.45) is 0.425. The minimum absolute atomic E-state index is 0.181. The Morgan fingerprint density at radius 3 is 2.65 bits per heavy atom. The molecule has 1 aromatic rings. The summed E-state index contributed by atoms with van der Waals surface area (Å²) in [5.74, 6) is -1.48. The van der Waals surface area contributed by atoms with Gasteiger partial charge in [0.05, 0.1) is 14.6 Å². The third-order valence-electron chi connectivity index (χ3n) is 2.15. The van der Waals surface area contributed by atoms with Crippen molar-refractivity contribution < 1.29 is 14.7 Å². The van der Waals surface area contributed by atoms with Crippen molar-refractivity contribution in [2.75, 3.05) is 6.54 Å². The number of halogens is 2. The molecule has 17 heavy (non-hydrogen) atoms.